The van der Waals surface area contributed by atoms with Gasteiger partial charge in [-0.1, -0.05) is 6.92 Å². The van der Waals surface area contributed by atoms with Crippen LogP contribution in [0.15, 0.2) is 6.33 Å². The number of hydrogen-bond donors (Lipinski definition) is 1. The maximum absolute atomic E-state index is 4.48. The van der Waals surface area contributed by atoms with E-state index in [-0.39, 0.29) is 0 Å². The standard InChI is InChI=1S/C10H13N3/c1-4-8-6(2)9-10(12-5-11-9)13-7(8)3/h5H,4H2,1-3H3,(H,11,12,13)/p+1. The summed E-state index contributed by atoms with van der Waals surface area (Å²) in [4.78, 5) is 10.7. The van der Waals surface area contributed by atoms with Crippen molar-refractivity contribution in [2.45, 2.75) is 27.2 Å². The molecule has 3 nitrogen and oxygen atoms in total. The molecule has 0 bridgehead atoms. The molecule has 13 heavy (non-hydrogen) atoms. The van der Waals surface area contributed by atoms with Crippen LogP contribution < -0.4 is 4.98 Å². The Bertz CT molecular complexity index is 443. The lowest BCUT2D eigenvalue weighted by atomic mass is 10.1. The van der Waals surface area contributed by atoms with Crippen molar-refractivity contribution in [3.8, 4) is 0 Å². The molecule has 2 N–H and O–H groups in total. The molecule has 2 aromatic rings. The molecule has 0 saturated carbocycles. The molecule has 68 valence electrons. The molecule has 2 aromatic heterocycles. The molecule has 3 heteroatoms. The summed E-state index contributed by atoms with van der Waals surface area (Å²) in [6.45, 7) is 6.36. The van der Waals surface area contributed by atoms with Crippen molar-refractivity contribution in [1.29, 1.82) is 0 Å². The molecule has 0 amide bonds. The van der Waals surface area contributed by atoms with Crippen LogP contribution in [0.25, 0.3) is 11.2 Å². The highest BCUT2D eigenvalue weighted by Crippen LogP contribution is 2.18. The minimum atomic E-state index is 0.951. The quantitative estimate of drug-likeness (QED) is 0.704. The molecular weight excluding hydrogens is 162 g/mol. The fourth-order valence-electron chi connectivity index (χ4n) is 1.87. The highest BCUT2D eigenvalue weighted by Gasteiger charge is 2.14. The van der Waals surface area contributed by atoms with Gasteiger partial charge in [-0.2, -0.15) is 0 Å². The van der Waals surface area contributed by atoms with Crippen LogP contribution in [0.1, 0.15) is 23.7 Å². The van der Waals surface area contributed by atoms with Gasteiger partial charge in [0.15, 0.2) is 11.8 Å². The number of rotatable bonds is 1. The van der Waals surface area contributed by atoms with Crippen LogP contribution in [0, 0.1) is 13.8 Å². The average Bonchev–Trinajstić information content (AvgIpc) is 2.53. The third kappa shape index (κ3) is 1.11. The number of fused-ring (bicyclic) bond motifs is 1. The van der Waals surface area contributed by atoms with Gasteiger partial charge in [0.1, 0.15) is 5.69 Å². The second-order valence-electron chi connectivity index (χ2n) is 3.31. The Labute approximate surface area is 77.2 Å². The number of nitrogens with one attached hydrogen (secondary N) is 2. The number of aromatic nitrogens is 3. The molecule has 0 radical (unpaired) electrons. The van der Waals surface area contributed by atoms with Gasteiger partial charge in [-0.05, 0) is 25.8 Å². The Balaban J connectivity index is 2.85. The van der Waals surface area contributed by atoms with Gasteiger partial charge >= 0.3 is 0 Å². The molecule has 0 aliphatic heterocycles. The van der Waals surface area contributed by atoms with Gasteiger partial charge in [-0.25, -0.2) is 4.98 Å². The summed E-state index contributed by atoms with van der Waals surface area (Å²) < 4.78 is 0. The highest BCUT2D eigenvalue weighted by atomic mass is 15.0. The lowest BCUT2D eigenvalue weighted by Crippen LogP contribution is -2.02. The third-order valence-electron chi connectivity index (χ3n) is 2.56. The summed E-state index contributed by atoms with van der Waals surface area (Å²) in [5.41, 5.74) is 5.87. The van der Waals surface area contributed by atoms with E-state index < -0.39 is 0 Å². The van der Waals surface area contributed by atoms with Crippen molar-refractivity contribution < 1.29 is 4.98 Å². The Morgan fingerprint density at radius 3 is 2.92 bits per heavy atom. The van der Waals surface area contributed by atoms with E-state index in [4.69, 9.17) is 0 Å². The number of aryl methyl sites for hydroxylation is 2. The predicted octanol–water partition coefficient (Wildman–Crippen LogP) is 1.56. The second kappa shape index (κ2) is 2.83. The Hall–Kier alpha value is -1.38. The lowest BCUT2D eigenvalue weighted by molar-refractivity contribution is -0.347. The normalized spacial score (nSPS) is 11.0. The molecule has 0 unspecified atom stereocenters. The van der Waals surface area contributed by atoms with Gasteiger partial charge in [0.25, 0.3) is 5.65 Å². The molecule has 0 aliphatic carbocycles. The first-order chi connectivity index (χ1) is 6.24. The number of pyridine rings is 1. The fourth-order valence-corrected chi connectivity index (χ4v) is 1.87. The predicted molar refractivity (Wildman–Crippen MR) is 51.5 cm³/mol. The topological polar surface area (TPSA) is 42.8 Å². The number of nitrogens with zero attached hydrogens (tertiary/aromatic N) is 1. The summed E-state index contributed by atoms with van der Waals surface area (Å²) in [5, 5.41) is 0. The monoisotopic (exact) mass is 176 g/mol. The molecule has 0 fully saturated rings. The van der Waals surface area contributed by atoms with Crippen LogP contribution in [0.5, 0.6) is 0 Å². The van der Waals surface area contributed by atoms with E-state index in [2.05, 4.69) is 35.7 Å². The Morgan fingerprint density at radius 2 is 2.23 bits per heavy atom. The number of hydrogen-bond acceptors (Lipinski definition) is 1. The van der Waals surface area contributed by atoms with Gasteiger partial charge in [0.05, 0.1) is 0 Å². The van der Waals surface area contributed by atoms with Crippen LogP contribution in [0.2, 0.25) is 0 Å². The SMILES string of the molecule is CCc1c(C)nc2[nH+]c[nH]c2c1C. The maximum atomic E-state index is 4.48. The molecule has 2 heterocycles. The van der Waals surface area contributed by atoms with Crippen LogP contribution in [0.4, 0.5) is 0 Å². The van der Waals surface area contributed by atoms with Gasteiger partial charge in [0, 0.05) is 5.56 Å². The van der Waals surface area contributed by atoms with Gasteiger partial charge in [0.2, 0.25) is 0 Å². The number of aromatic amines is 2. The zero-order valence-corrected chi connectivity index (χ0v) is 8.23. The largest absolute Gasteiger partial charge is 0.299 e. The summed E-state index contributed by atoms with van der Waals surface area (Å²) in [6, 6.07) is 0. The van der Waals surface area contributed by atoms with E-state index in [0.717, 1.165) is 23.3 Å². The molecular formula is C10H14N3+. The van der Waals surface area contributed by atoms with Crippen LogP contribution in [-0.4, -0.2) is 9.97 Å². The third-order valence-corrected chi connectivity index (χ3v) is 2.56. The first kappa shape index (κ1) is 8.23. The van der Waals surface area contributed by atoms with Crippen molar-refractivity contribution in [2.75, 3.05) is 0 Å². The molecule has 0 saturated heterocycles. The molecule has 0 atom stereocenters. The van der Waals surface area contributed by atoms with E-state index in [1.807, 2.05) is 6.33 Å². The van der Waals surface area contributed by atoms with Crippen molar-refractivity contribution in [1.82, 2.24) is 9.97 Å². The average molecular weight is 176 g/mol. The van der Waals surface area contributed by atoms with Gasteiger partial charge in [-0.3, -0.25) is 4.98 Å². The van der Waals surface area contributed by atoms with Crippen molar-refractivity contribution in [3.05, 3.63) is 23.1 Å². The van der Waals surface area contributed by atoms with Crippen LogP contribution in [-0.2, 0) is 6.42 Å². The van der Waals surface area contributed by atoms with Gasteiger partial charge in [-0.15, -0.1) is 4.98 Å². The zero-order valence-electron chi connectivity index (χ0n) is 8.23. The van der Waals surface area contributed by atoms with Gasteiger partial charge < -0.3 is 0 Å². The zero-order chi connectivity index (χ0) is 9.42. The molecule has 0 aromatic carbocycles. The van der Waals surface area contributed by atoms with E-state index in [9.17, 15) is 0 Å². The lowest BCUT2D eigenvalue weighted by Gasteiger charge is -2.01. The maximum Gasteiger partial charge on any atom is 0.299 e. The Kier molecular flexibility index (Phi) is 1.79. The smallest absolute Gasteiger partial charge is 0.274 e. The van der Waals surface area contributed by atoms with Crippen molar-refractivity contribution >= 4 is 11.2 Å². The summed E-state index contributed by atoms with van der Waals surface area (Å²) in [7, 11) is 0. The van der Waals surface area contributed by atoms with Crippen LogP contribution in [0.3, 0.4) is 0 Å². The van der Waals surface area contributed by atoms with E-state index in [1.54, 1.807) is 0 Å². The van der Waals surface area contributed by atoms with Crippen molar-refractivity contribution in [2.24, 2.45) is 0 Å². The van der Waals surface area contributed by atoms with E-state index >= 15 is 0 Å². The van der Waals surface area contributed by atoms with E-state index in [0.29, 0.717) is 0 Å². The first-order valence-electron chi connectivity index (χ1n) is 4.59. The van der Waals surface area contributed by atoms with Crippen LogP contribution >= 0.6 is 0 Å². The first-order valence-corrected chi connectivity index (χ1v) is 4.59. The summed E-state index contributed by atoms with van der Waals surface area (Å²) in [5.74, 6) is 0. The van der Waals surface area contributed by atoms with Crippen molar-refractivity contribution in [3.63, 3.8) is 0 Å². The second-order valence-corrected chi connectivity index (χ2v) is 3.31. The molecule has 2 rings (SSSR count). The highest BCUT2D eigenvalue weighted by molar-refractivity contribution is 5.72. The number of imidazole rings is 1. The fraction of sp³-hybridized carbons (Fsp3) is 0.400. The minimum absolute atomic E-state index is 0.951. The summed E-state index contributed by atoms with van der Waals surface area (Å²) in [6.07, 6.45) is 2.86. The minimum Gasteiger partial charge on any atom is -0.274 e. The Morgan fingerprint density at radius 1 is 1.46 bits per heavy atom. The molecule has 0 aliphatic rings. The number of H-pyrrole nitrogens is 2. The van der Waals surface area contributed by atoms with E-state index in [1.165, 1.54) is 11.1 Å². The summed E-state index contributed by atoms with van der Waals surface area (Å²) >= 11 is 0. The molecule has 0 spiro atoms.